The van der Waals surface area contributed by atoms with Crippen LogP contribution in [-0.2, 0) is 11.0 Å². The molecule has 14 heteroatoms. The predicted octanol–water partition coefficient (Wildman–Crippen LogP) is 5.97. The molecule has 0 aliphatic carbocycles. The first-order valence-corrected chi connectivity index (χ1v) is 15.6. The first kappa shape index (κ1) is 36.3. The van der Waals surface area contributed by atoms with Crippen LogP contribution in [0.3, 0.4) is 0 Å². The SMILES string of the molecule is CN/C(C)=N/C(=N\C(=C\C=N)Oc1cc(C(=O)Nc2ccc(N3CCC(CNC(C)=O)CC3)c(C(F)(F)F)c2)ccc1C)c1cccnc1. The van der Waals surface area contributed by atoms with Crippen molar-refractivity contribution >= 4 is 41.1 Å². The summed E-state index contributed by atoms with van der Waals surface area (Å²) in [7, 11) is 1.71. The molecule has 1 saturated heterocycles. The number of aromatic nitrogens is 1. The maximum atomic E-state index is 14.3. The molecular formula is C35H39F3N8O3. The number of benzene rings is 2. The van der Waals surface area contributed by atoms with Crippen LogP contribution >= 0.6 is 0 Å². The van der Waals surface area contributed by atoms with Crippen LogP contribution < -0.4 is 25.6 Å². The number of amides is 2. The highest BCUT2D eigenvalue weighted by Crippen LogP contribution is 2.39. The Bertz CT molecular complexity index is 1750. The van der Waals surface area contributed by atoms with Crippen molar-refractivity contribution < 1.29 is 27.5 Å². The maximum absolute atomic E-state index is 14.3. The minimum atomic E-state index is -4.66. The van der Waals surface area contributed by atoms with E-state index in [1.165, 1.54) is 37.3 Å². The third kappa shape index (κ3) is 10.2. The predicted molar refractivity (Wildman–Crippen MR) is 185 cm³/mol. The van der Waals surface area contributed by atoms with Crippen molar-refractivity contribution in [1.82, 2.24) is 15.6 Å². The van der Waals surface area contributed by atoms with Crippen LogP contribution in [0.1, 0.15) is 53.7 Å². The number of nitrogens with zero attached hydrogens (tertiary/aromatic N) is 4. The number of piperidine rings is 1. The summed E-state index contributed by atoms with van der Waals surface area (Å²) in [5.41, 5.74) is 0.549. The summed E-state index contributed by atoms with van der Waals surface area (Å²) < 4.78 is 48.8. The molecule has 1 aliphatic heterocycles. The molecule has 0 radical (unpaired) electrons. The standard InChI is InChI=1S/C35H39F3N8O3/c1-22-7-8-26(18-31(22)49-32(11-14-39)45-33(43-23(2)40-4)27-6-5-15-41-21-27)34(48)44-28-9-10-30(29(19-28)35(36,37)38)46-16-12-25(13-17-46)20-42-24(3)47/h5-11,14-15,18-19,21,25,39H,12-13,16-17,20H2,1-4H3,(H,42,47)(H,44,48)(H,40,43,45)/b32-11-,39-14?. The molecular weight excluding hydrogens is 637 g/mol. The molecule has 2 amide bonds. The monoisotopic (exact) mass is 676 g/mol. The lowest BCUT2D eigenvalue weighted by Crippen LogP contribution is -2.39. The largest absolute Gasteiger partial charge is 0.439 e. The average Bonchev–Trinajstić information content (AvgIpc) is 3.08. The van der Waals surface area contributed by atoms with Crippen molar-refractivity contribution in [2.75, 3.05) is 36.9 Å². The number of allylic oxidation sites excluding steroid dienone is 1. The molecule has 1 aromatic heterocycles. The van der Waals surface area contributed by atoms with Crippen LogP contribution in [-0.4, -0.2) is 61.4 Å². The van der Waals surface area contributed by atoms with Gasteiger partial charge in [0.15, 0.2) is 5.84 Å². The van der Waals surface area contributed by atoms with Gasteiger partial charge >= 0.3 is 6.18 Å². The molecule has 0 saturated carbocycles. The van der Waals surface area contributed by atoms with Crippen molar-refractivity contribution in [3.8, 4) is 5.75 Å². The average molecular weight is 677 g/mol. The fraction of sp³-hybridized carbons (Fsp3) is 0.314. The lowest BCUT2D eigenvalue weighted by Gasteiger charge is -2.35. The number of halogens is 3. The van der Waals surface area contributed by atoms with Gasteiger partial charge in [0, 0.05) is 80.8 Å². The normalized spacial score (nSPS) is 14.7. The maximum Gasteiger partial charge on any atom is 0.418 e. The number of hydrogen-bond acceptors (Lipinski definition) is 7. The van der Waals surface area contributed by atoms with E-state index in [9.17, 15) is 22.8 Å². The Hall–Kier alpha value is -5.53. The highest BCUT2D eigenvalue weighted by atomic mass is 19.4. The Morgan fingerprint density at radius 1 is 1.08 bits per heavy atom. The molecule has 2 heterocycles. The number of carbonyl (C=O) groups excluding carboxylic acids is 2. The van der Waals surface area contributed by atoms with E-state index in [0.29, 0.717) is 49.4 Å². The Kier molecular flexibility index (Phi) is 12.2. The van der Waals surface area contributed by atoms with E-state index in [1.807, 2.05) is 0 Å². The van der Waals surface area contributed by atoms with Crippen LogP contribution in [0.4, 0.5) is 24.5 Å². The van der Waals surface area contributed by atoms with Crippen molar-refractivity contribution in [3.05, 3.63) is 95.1 Å². The number of rotatable bonds is 10. The van der Waals surface area contributed by atoms with E-state index in [-0.39, 0.29) is 46.2 Å². The van der Waals surface area contributed by atoms with E-state index >= 15 is 0 Å². The summed E-state index contributed by atoms with van der Waals surface area (Å²) in [6.45, 7) is 6.26. The quantitative estimate of drug-likeness (QED) is 0.118. The smallest absolute Gasteiger partial charge is 0.418 e. The minimum Gasteiger partial charge on any atom is -0.439 e. The lowest BCUT2D eigenvalue weighted by atomic mass is 9.95. The van der Waals surface area contributed by atoms with Gasteiger partial charge in [-0.15, -0.1) is 0 Å². The molecule has 49 heavy (non-hydrogen) atoms. The third-order valence-corrected chi connectivity index (χ3v) is 7.82. The Balaban J connectivity index is 1.55. The van der Waals surface area contributed by atoms with E-state index in [4.69, 9.17) is 10.1 Å². The summed E-state index contributed by atoms with van der Waals surface area (Å²) in [5, 5.41) is 15.9. The van der Waals surface area contributed by atoms with E-state index < -0.39 is 17.6 Å². The van der Waals surface area contributed by atoms with Gasteiger partial charge in [0.1, 0.15) is 11.6 Å². The second kappa shape index (κ2) is 16.5. The van der Waals surface area contributed by atoms with Gasteiger partial charge in [0.25, 0.3) is 5.91 Å². The third-order valence-electron chi connectivity index (χ3n) is 7.82. The number of aliphatic imine (C=N–C) groups is 2. The summed E-state index contributed by atoms with van der Waals surface area (Å²) in [6, 6.07) is 11.9. The zero-order valence-corrected chi connectivity index (χ0v) is 27.7. The number of pyridine rings is 1. The number of nitrogens with one attached hydrogen (secondary N) is 4. The van der Waals surface area contributed by atoms with Crippen molar-refractivity contribution in [3.63, 3.8) is 0 Å². The Labute approximate surface area is 282 Å². The lowest BCUT2D eigenvalue weighted by molar-refractivity contribution is -0.137. The molecule has 1 fully saturated rings. The van der Waals surface area contributed by atoms with Gasteiger partial charge in [-0.25, -0.2) is 4.99 Å². The molecule has 0 bridgehead atoms. The van der Waals surface area contributed by atoms with E-state index in [2.05, 4.69) is 30.9 Å². The zero-order chi connectivity index (χ0) is 35.6. The van der Waals surface area contributed by atoms with Gasteiger partial charge in [0.2, 0.25) is 11.8 Å². The van der Waals surface area contributed by atoms with Gasteiger partial charge in [-0.2, -0.15) is 18.2 Å². The molecule has 11 nitrogen and oxygen atoms in total. The Morgan fingerprint density at radius 2 is 1.84 bits per heavy atom. The molecule has 4 rings (SSSR count). The van der Waals surface area contributed by atoms with Crippen LogP contribution in [0.15, 0.2) is 82.9 Å². The van der Waals surface area contributed by atoms with Crippen molar-refractivity contribution in [1.29, 1.82) is 5.41 Å². The first-order valence-electron chi connectivity index (χ1n) is 15.6. The highest BCUT2D eigenvalue weighted by molar-refractivity contribution is 6.06. The second-order valence-electron chi connectivity index (χ2n) is 11.4. The number of alkyl halides is 3. The molecule has 2 aromatic carbocycles. The summed E-state index contributed by atoms with van der Waals surface area (Å²) in [6.07, 6.45) is 2.14. The molecule has 0 atom stereocenters. The number of aryl methyl sites for hydroxylation is 1. The number of carbonyl (C=O) groups is 2. The van der Waals surface area contributed by atoms with Crippen LogP contribution in [0.5, 0.6) is 5.75 Å². The summed E-state index contributed by atoms with van der Waals surface area (Å²) >= 11 is 0. The fourth-order valence-corrected chi connectivity index (χ4v) is 5.08. The van der Waals surface area contributed by atoms with Crippen molar-refractivity contribution in [2.24, 2.45) is 15.9 Å². The number of amidine groups is 2. The second-order valence-corrected chi connectivity index (χ2v) is 11.4. The molecule has 4 N–H and O–H groups in total. The molecule has 258 valence electrons. The number of ether oxygens (including phenoxy) is 1. The van der Waals surface area contributed by atoms with Gasteiger partial charge < -0.3 is 31.0 Å². The van der Waals surface area contributed by atoms with E-state index in [1.54, 1.807) is 56.4 Å². The van der Waals surface area contributed by atoms with Crippen LogP contribution in [0.2, 0.25) is 0 Å². The number of hydrogen-bond donors (Lipinski definition) is 4. The van der Waals surface area contributed by atoms with Gasteiger partial charge in [-0.05, 0) is 80.6 Å². The molecule has 0 unspecified atom stereocenters. The van der Waals surface area contributed by atoms with Crippen LogP contribution in [0, 0.1) is 18.3 Å². The fourth-order valence-electron chi connectivity index (χ4n) is 5.08. The topological polar surface area (TPSA) is 144 Å². The van der Waals surface area contributed by atoms with E-state index in [0.717, 1.165) is 12.3 Å². The summed E-state index contributed by atoms with van der Waals surface area (Å²) in [5.74, 6) is 0.498. The Morgan fingerprint density at radius 3 is 2.47 bits per heavy atom. The molecule has 3 aromatic rings. The van der Waals surface area contributed by atoms with Crippen molar-refractivity contribution in [2.45, 2.75) is 39.8 Å². The summed E-state index contributed by atoms with van der Waals surface area (Å²) in [4.78, 5) is 39.3. The molecule has 0 spiro atoms. The van der Waals surface area contributed by atoms with Gasteiger partial charge in [-0.3, -0.25) is 14.6 Å². The zero-order valence-electron chi connectivity index (χ0n) is 27.7. The molecule has 1 aliphatic rings. The first-order chi connectivity index (χ1) is 23.4. The van der Waals surface area contributed by atoms with Gasteiger partial charge in [0.05, 0.1) is 5.56 Å². The van der Waals surface area contributed by atoms with Crippen LogP contribution in [0.25, 0.3) is 0 Å². The highest BCUT2D eigenvalue weighted by Gasteiger charge is 2.36. The minimum absolute atomic E-state index is 0.00622. The van der Waals surface area contributed by atoms with Gasteiger partial charge in [-0.1, -0.05) is 6.07 Å². The number of anilines is 2.